The summed E-state index contributed by atoms with van der Waals surface area (Å²) < 4.78 is 10.5. The highest BCUT2D eigenvalue weighted by atomic mass is 16.7. The van der Waals surface area contributed by atoms with Crippen LogP contribution in [0.2, 0.25) is 0 Å². The molecule has 1 saturated heterocycles. The van der Waals surface area contributed by atoms with Crippen LogP contribution in [0.3, 0.4) is 0 Å². The fourth-order valence-corrected chi connectivity index (χ4v) is 4.39. The summed E-state index contributed by atoms with van der Waals surface area (Å²) in [7, 11) is 0. The predicted octanol–water partition coefficient (Wildman–Crippen LogP) is 2.61. The number of rotatable bonds is 15. The molecule has 2 rings (SSSR count). The van der Waals surface area contributed by atoms with E-state index in [2.05, 4.69) is 6.92 Å². The predicted molar refractivity (Wildman–Crippen MR) is 113 cm³/mol. The van der Waals surface area contributed by atoms with Crippen molar-refractivity contribution in [1.82, 2.24) is 0 Å². The molecule has 176 valence electrons. The third-order valence-corrected chi connectivity index (χ3v) is 6.54. The first-order chi connectivity index (χ1) is 14.4. The highest BCUT2D eigenvalue weighted by molar-refractivity contribution is 5.69. The molecular formula is C23H42O7. The van der Waals surface area contributed by atoms with Crippen LogP contribution >= 0.6 is 0 Å². The van der Waals surface area contributed by atoms with Gasteiger partial charge in [0, 0.05) is 6.42 Å². The minimum Gasteiger partial charge on any atom is -0.456 e. The molecule has 4 N–H and O–H groups in total. The van der Waals surface area contributed by atoms with E-state index in [0.717, 1.165) is 12.8 Å². The van der Waals surface area contributed by atoms with Gasteiger partial charge in [-0.25, -0.2) is 0 Å². The minimum atomic E-state index is -1.58. The maximum absolute atomic E-state index is 12.2. The first-order valence-electron chi connectivity index (χ1n) is 12.0. The van der Waals surface area contributed by atoms with E-state index in [0.29, 0.717) is 6.42 Å². The Kier molecular flexibility index (Phi) is 11.0. The van der Waals surface area contributed by atoms with Gasteiger partial charge in [0.2, 0.25) is 0 Å². The monoisotopic (exact) mass is 430 g/mol. The van der Waals surface area contributed by atoms with Crippen LogP contribution in [0.5, 0.6) is 0 Å². The molecule has 0 unspecified atom stereocenters. The Morgan fingerprint density at radius 2 is 1.27 bits per heavy atom. The maximum atomic E-state index is 12.2. The Balaban J connectivity index is 1.50. The third-order valence-electron chi connectivity index (χ3n) is 6.54. The standard InChI is InChI=1S/C23H42O7/c1-2-3-4-5-6-7-8-9-10-11-12-13-14-15-17(24)30-22-20(27)18(25)19(26)21(28)23(22)16-29-23/h18-22,25-28H,2-16H2,1H3/t18-,19-,20+,21+,22-,23+/m0/s1. The molecule has 30 heavy (non-hydrogen) atoms. The number of hydrogen-bond acceptors (Lipinski definition) is 7. The zero-order chi connectivity index (χ0) is 22.0. The number of aliphatic hydroxyl groups is 4. The maximum Gasteiger partial charge on any atom is 0.306 e. The fraction of sp³-hybridized carbons (Fsp3) is 0.957. The molecule has 1 spiro atoms. The van der Waals surface area contributed by atoms with Gasteiger partial charge >= 0.3 is 5.97 Å². The molecule has 1 saturated carbocycles. The number of esters is 1. The van der Waals surface area contributed by atoms with Crippen LogP contribution in [-0.4, -0.2) is 69.1 Å². The Hall–Kier alpha value is -0.730. The molecule has 1 aliphatic carbocycles. The summed E-state index contributed by atoms with van der Waals surface area (Å²) in [5.74, 6) is -0.479. The lowest BCUT2D eigenvalue weighted by Crippen LogP contribution is -2.66. The summed E-state index contributed by atoms with van der Waals surface area (Å²) in [6.45, 7) is 2.32. The van der Waals surface area contributed by atoms with Crippen molar-refractivity contribution in [2.24, 2.45) is 0 Å². The number of epoxide rings is 1. The van der Waals surface area contributed by atoms with Gasteiger partial charge in [-0.2, -0.15) is 0 Å². The molecular weight excluding hydrogens is 388 g/mol. The van der Waals surface area contributed by atoms with Gasteiger partial charge in [-0.1, -0.05) is 84.0 Å². The number of aliphatic hydroxyl groups excluding tert-OH is 4. The number of carbonyl (C=O) groups is 1. The third kappa shape index (κ3) is 7.16. The number of carbonyl (C=O) groups excluding carboxylic acids is 1. The van der Waals surface area contributed by atoms with E-state index < -0.39 is 42.1 Å². The van der Waals surface area contributed by atoms with Crippen molar-refractivity contribution in [3.63, 3.8) is 0 Å². The van der Waals surface area contributed by atoms with Crippen LogP contribution in [0.15, 0.2) is 0 Å². The lowest BCUT2D eigenvalue weighted by Gasteiger charge is -2.42. The van der Waals surface area contributed by atoms with Gasteiger partial charge < -0.3 is 29.9 Å². The van der Waals surface area contributed by atoms with E-state index in [1.165, 1.54) is 64.2 Å². The second-order valence-corrected chi connectivity index (χ2v) is 9.06. The lowest BCUT2D eigenvalue weighted by molar-refractivity contribution is -0.222. The number of hydrogen-bond donors (Lipinski definition) is 4. The van der Waals surface area contributed by atoms with Gasteiger partial charge in [0.1, 0.15) is 24.4 Å². The van der Waals surface area contributed by atoms with Crippen LogP contribution in [-0.2, 0) is 14.3 Å². The largest absolute Gasteiger partial charge is 0.456 e. The molecule has 0 radical (unpaired) electrons. The van der Waals surface area contributed by atoms with Crippen molar-refractivity contribution in [3.05, 3.63) is 0 Å². The van der Waals surface area contributed by atoms with Gasteiger partial charge in [-0.15, -0.1) is 0 Å². The van der Waals surface area contributed by atoms with E-state index in [9.17, 15) is 25.2 Å². The summed E-state index contributed by atoms with van der Waals surface area (Å²) in [6.07, 6.45) is 8.94. The highest BCUT2D eigenvalue weighted by Crippen LogP contribution is 2.44. The van der Waals surface area contributed by atoms with Crippen LogP contribution in [0.25, 0.3) is 0 Å². The van der Waals surface area contributed by atoms with Crippen molar-refractivity contribution in [3.8, 4) is 0 Å². The second kappa shape index (κ2) is 13.0. The Labute approximate surface area is 180 Å². The molecule has 6 atom stereocenters. The molecule has 1 heterocycles. The van der Waals surface area contributed by atoms with Crippen LogP contribution in [0.1, 0.15) is 96.8 Å². The van der Waals surface area contributed by atoms with Crippen molar-refractivity contribution < 1.29 is 34.7 Å². The average Bonchev–Trinajstić information content (AvgIpc) is 3.54. The summed E-state index contributed by atoms with van der Waals surface area (Å²) in [4.78, 5) is 12.2. The summed E-state index contributed by atoms with van der Waals surface area (Å²) in [5.41, 5.74) is -1.30. The fourth-order valence-electron chi connectivity index (χ4n) is 4.39. The Morgan fingerprint density at radius 1 is 0.800 bits per heavy atom. The zero-order valence-corrected chi connectivity index (χ0v) is 18.5. The van der Waals surface area contributed by atoms with E-state index in [-0.39, 0.29) is 13.0 Å². The molecule has 0 aromatic rings. The molecule has 0 bridgehead atoms. The van der Waals surface area contributed by atoms with Gasteiger partial charge in [0.25, 0.3) is 0 Å². The summed E-state index contributed by atoms with van der Waals surface area (Å²) in [6, 6.07) is 0. The van der Waals surface area contributed by atoms with E-state index >= 15 is 0 Å². The Morgan fingerprint density at radius 3 is 1.73 bits per heavy atom. The first-order valence-corrected chi connectivity index (χ1v) is 12.0. The summed E-state index contributed by atoms with van der Waals surface area (Å²) >= 11 is 0. The van der Waals surface area contributed by atoms with E-state index in [4.69, 9.17) is 9.47 Å². The Bertz CT molecular complexity index is 494. The van der Waals surface area contributed by atoms with E-state index in [1.807, 2.05) is 0 Å². The smallest absolute Gasteiger partial charge is 0.306 e. The highest BCUT2D eigenvalue weighted by Gasteiger charge is 2.68. The minimum absolute atomic E-state index is 0.0751. The first kappa shape index (κ1) is 25.5. The number of unbranched alkanes of at least 4 members (excludes halogenated alkanes) is 12. The quantitative estimate of drug-likeness (QED) is 0.179. The second-order valence-electron chi connectivity index (χ2n) is 9.06. The van der Waals surface area contributed by atoms with Crippen molar-refractivity contribution >= 4 is 5.97 Å². The molecule has 2 aliphatic rings. The lowest BCUT2D eigenvalue weighted by atomic mass is 9.78. The van der Waals surface area contributed by atoms with Crippen LogP contribution in [0, 0.1) is 0 Å². The molecule has 0 aromatic carbocycles. The van der Waals surface area contributed by atoms with Gasteiger partial charge in [0.05, 0.1) is 6.61 Å². The zero-order valence-electron chi connectivity index (χ0n) is 18.5. The van der Waals surface area contributed by atoms with Gasteiger partial charge in [-0.3, -0.25) is 4.79 Å². The normalized spacial score (nSPS) is 33.0. The SMILES string of the molecule is CCCCCCCCCCCCCCCC(=O)O[C@H]1[C@H](O)[C@@H](O)[C@H](O)[C@@H](O)[C@]12CO2. The molecule has 1 aliphatic heterocycles. The van der Waals surface area contributed by atoms with Crippen molar-refractivity contribution in [2.45, 2.75) is 133 Å². The van der Waals surface area contributed by atoms with Gasteiger partial charge in [-0.05, 0) is 6.42 Å². The van der Waals surface area contributed by atoms with Crippen LogP contribution in [0.4, 0.5) is 0 Å². The van der Waals surface area contributed by atoms with Gasteiger partial charge in [0.15, 0.2) is 11.7 Å². The van der Waals surface area contributed by atoms with E-state index in [1.54, 1.807) is 0 Å². The average molecular weight is 431 g/mol. The molecule has 2 fully saturated rings. The molecule has 7 heteroatoms. The van der Waals surface area contributed by atoms with Crippen molar-refractivity contribution in [2.75, 3.05) is 6.61 Å². The van der Waals surface area contributed by atoms with Crippen LogP contribution < -0.4 is 0 Å². The molecule has 0 aromatic heterocycles. The summed E-state index contributed by atoms with van der Waals surface area (Å²) in [5, 5.41) is 39.9. The molecule has 7 nitrogen and oxygen atoms in total. The number of ether oxygens (including phenoxy) is 2. The van der Waals surface area contributed by atoms with Crippen molar-refractivity contribution in [1.29, 1.82) is 0 Å². The molecule has 0 amide bonds. The topological polar surface area (TPSA) is 120 Å².